The lowest BCUT2D eigenvalue weighted by molar-refractivity contribution is -0.118. The summed E-state index contributed by atoms with van der Waals surface area (Å²) < 4.78 is 13.3. The third kappa shape index (κ3) is 2.19. The molecule has 0 spiro atoms. The molecule has 0 aliphatic heterocycles. The summed E-state index contributed by atoms with van der Waals surface area (Å²) in [5.74, 6) is 0.0985. The van der Waals surface area contributed by atoms with Crippen molar-refractivity contribution in [1.82, 2.24) is 10.2 Å². The smallest absolute Gasteiger partial charge is 0.236 e. The van der Waals surface area contributed by atoms with E-state index in [-0.39, 0.29) is 11.7 Å². The molecule has 2 N–H and O–H groups in total. The van der Waals surface area contributed by atoms with E-state index >= 15 is 0 Å². The predicted octanol–water partition coefficient (Wildman–Crippen LogP) is 2.78. The van der Waals surface area contributed by atoms with Gasteiger partial charge in [0, 0.05) is 11.8 Å². The first-order valence-corrected chi connectivity index (χ1v) is 6.76. The predicted molar refractivity (Wildman–Crippen MR) is 73.9 cm³/mol. The van der Waals surface area contributed by atoms with E-state index in [0.29, 0.717) is 5.82 Å². The Balaban J connectivity index is 1.79. The number of benzene rings is 1. The van der Waals surface area contributed by atoms with Gasteiger partial charge in [0.25, 0.3) is 0 Å². The van der Waals surface area contributed by atoms with Crippen LogP contribution in [0.4, 0.5) is 10.2 Å². The molecule has 5 heteroatoms. The topological polar surface area (TPSA) is 57.8 Å². The van der Waals surface area contributed by atoms with Gasteiger partial charge in [-0.25, -0.2) is 4.39 Å². The quantitative estimate of drug-likeness (QED) is 0.900. The van der Waals surface area contributed by atoms with Crippen LogP contribution in [0.5, 0.6) is 0 Å². The van der Waals surface area contributed by atoms with Crippen LogP contribution in [0, 0.1) is 5.82 Å². The molecule has 104 valence electrons. The minimum absolute atomic E-state index is 0.114. The van der Waals surface area contributed by atoms with Gasteiger partial charge in [-0.1, -0.05) is 19.1 Å². The summed E-state index contributed by atoms with van der Waals surface area (Å²) in [6, 6.07) is 8.09. The van der Waals surface area contributed by atoms with Crippen molar-refractivity contribution in [1.29, 1.82) is 0 Å². The number of aryl methyl sites for hydroxylation is 1. The third-order valence-corrected chi connectivity index (χ3v) is 3.82. The van der Waals surface area contributed by atoms with Crippen molar-refractivity contribution in [3.63, 3.8) is 0 Å². The van der Waals surface area contributed by atoms with E-state index < -0.39 is 5.41 Å². The van der Waals surface area contributed by atoms with Crippen molar-refractivity contribution in [3.05, 3.63) is 47.4 Å². The monoisotopic (exact) mass is 273 g/mol. The first kappa shape index (κ1) is 12.8. The van der Waals surface area contributed by atoms with Gasteiger partial charge in [0.1, 0.15) is 5.82 Å². The van der Waals surface area contributed by atoms with Crippen LogP contribution >= 0.6 is 0 Å². The molecule has 2 aromatic rings. The molecule has 1 fully saturated rings. The molecule has 1 saturated carbocycles. The number of H-pyrrole nitrogens is 1. The molecule has 20 heavy (non-hydrogen) atoms. The average molecular weight is 273 g/mol. The van der Waals surface area contributed by atoms with Gasteiger partial charge in [-0.3, -0.25) is 9.89 Å². The van der Waals surface area contributed by atoms with Crippen molar-refractivity contribution in [2.24, 2.45) is 0 Å². The maximum atomic E-state index is 13.3. The maximum Gasteiger partial charge on any atom is 0.236 e. The summed E-state index contributed by atoms with van der Waals surface area (Å²) in [5, 5.41) is 9.72. The molecule has 3 rings (SSSR count). The summed E-state index contributed by atoms with van der Waals surface area (Å²) >= 11 is 0. The Morgan fingerprint density at radius 3 is 2.85 bits per heavy atom. The van der Waals surface area contributed by atoms with Crippen molar-refractivity contribution in [2.45, 2.75) is 31.6 Å². The highest BCUT2D eigenvalue weighted by Gasteiger charge is 2.51. The van der Waals surface area contributed by atoms with Crippen LogP contribution < -0.4 is 5.32 Å². The Morgan fingerprint density at radius 1 is 1.45 bits per heavy atom. The number of anilines is 1. The van der Waals surface area contributed by atoms with Crippen molar-refractivity contribution in [2.75, 3.05) is 5.32 Å². The second-order valence-corrected chi connectivity index (χ2v) is 5.18. The lowest BCUT2D eigenvalue weighted by Gasteiger charge is -2.14. The summed E-state index contributed by atoms with van der Waals surface area (Å²) in [6.07, 6.45) is 2.32. The Hall–Kier alpha value is -2.17. The van der Waals surface area contributed by atoms with E-state index in [2.05, 4.69) is 15.5 Å². The number of nitrogens with zero attached hydrogens (tertiary/aromatic N) is 1. The van der Waals surface area contributed by atoms with Crippen LogP contribution in [-0.2, 0) is 16.6 Å². The number of amides is 1. The standard InChI is InChI=1S/C15H16FN3O/c1-2-12-9-13(19-18-12)17-14(20)15(6-7-15)10-4-3-5-11(16)8-10/h3-5,8-9H,2,6-7H2,1H3,(H2,17,18,19,20). The van der Waals surface area contributed by atoms with Crippen LogP contribution in [0.3, 0.4) is 0 Å². The van der Waals surface area contributed by atoms with E-state index in [9.17, 15) is 9.18 Å². The fourth-order valence-electron chi connectivity index (χ4n) is 2.40. The largest absolute Gasteiger partial charge is 0.308 e. The van der Waals surface area contributed by atoms with Gasteiger partial charge in [0.05, 0.1) is 5.41 Å². The molecule has 1 aliphatic rings. The Morgan fingerprint density at radius 2 is 2.25 bits per heavy atom. The molecule has 1 aromatic heterocycles. The zero-order valence-electron chi connectivity index (χ0n) is 11.2. The van der Waals surface area contributed by atoms with E-state index in [4.69, 9.17) is 0 Å². The van der Waals surface area contributed by atoms with Crippen LogP contribution in [0.15, 0.2) is 30.3 Å². The molecule has 0 atom stereocenters. The molecular formula is C15H16FN3O. The van der Waals surface area contributed by atoms with E-state index in [1.54, 1.807) is 12.1 Å². The molecule has 1 aliphatic carbocycles. The molecular weight excluding hydrogens is 257 g/mol. The lowest BCUT2D eigenvalue weighted by Crippen LogP contribution is -2.28. The number of halogens is 1. The second-order valence-electron chi connectivity index (χ2n) is 5.18. The number of aromatic amines is 1. The zero-order chi connectivity index (χ0) is 14.2. The van der Waals surface area contributed by atoms with Crippen LogP contribution in [0.2, 0.25) is 0 Å². The van der Waals surface area contributed by atoms with E-state index in [1.807, 2.05) is 13.0 Å². The summed E-state index contributed by atoms with van der Waals surface area (Å²) in [7, 11) is 0. The third-order valence-electron chi connectivity index (χ3n) is 3.82. The molecule has 0 bridgehead atoms. The molecule has 1 amide bonds. The summed E-state index contributed by atoms with van der Waals surface area (Å²) in [5.41, 5.74) is 1.12. The molecule has 1 aromatic carbocycles. The highest BCUT2D eigenvalue weighted by molar-refractivity contribution is 6.00. The minimum atomic E-state index is -0.590. The number of carbonyl (C=O) groups is 1. The molecule has 0 saturated heterocycles. The SMILES string of the molecule is CCc1cc(NC(=O)C2(c3cccc(F)c3)CC2)n[nH]1. The molecule has 0 radical (unpaired) electrons. The molecule has 1 heterocycles. The van der Waals surface area contributed by atoms with Gasteiger partial charge < -0.3 is 5.32 Å². The number of carbonyl (C=O) groups excluding carboxylic acids is 1. The van der Waals surface area contributed by atoms with Crippen LogP contribution in [-0.4, -0.2) is 16.1 Å². The molecule has 4 nitrogen and oxygen atoms in total. The normalized spacial score (nSPS) is 15.9. The van der Waals surface area contributed by atoms with Gasteiger partial charge in [-0.2, -0.15) is 5.10 Å². The Kier molecular flexibility index (Phi) is 3.04. The zero-order valence-corrected chi connectivity index (χ0v) is 11.2. The highest BCUT2D eigenvalue weighted by Crippen LogP contribution is 2.49. The Bertz CT molecular complexity index is 646. The maximum absolute atomic E-state index is 13.3. The van der Waals surface area contributed by atoms with Gasteiger partial charge in [-0.05, 0) is 37.0 Å². The minimum Gasteiger partial charge on any atom is -0.308 e. The number of hydrogen-bond donors (Lipinski definition) is 2. The van der Waals surface area contributed by atoms with Gasteiger partial charge in [0.2, 0.25) is 5.91 Å². The Labute approximate surface area is 116 Å². The van der Waals surface area contributed by atoms with Gasteiger partial charge >= 0.3 is 0 Å². The summed E-state index contributed by atoms with van der Waals surface area (Å²) in [6.45, 7) is 2.01. The second kappa shape index (κ2) is 4.74. The summed E-state index contributed by atoms with van der Waals surface area (Å²) in [4.78, 5) is 12.4. The highest BCUT2D eigenvalue weighted by atomic mass is 19.1. The van der Waals surface area contributed by atoms with E-state index in [1.165, 1.54) is 12.1 Å². The number of nitrogens with one attached hydrogen (secondary N) is 2. The van der Waals surface area contributed by atoms with E-state index in [0.717, 1.165) is 30.5 Å². The van der Waals surface area contributed by atoms with Crippen LogP contribution in [0.1, 0.15) is 31.0 Å². The first-order chi connectivity index (χ1) is 9.64. The van der Waals surface area contributed by atoms with Gasteiger partial charge in [-0.15, -0.1) is 0 Å². The lowest BCUT2D eigenvalue weighted by atomic mass is 9.95. The fourth-order valence-corrected chi connectivity index (χ4v) is 2.40. The van der Waals surface area contributed by atoms with Crippen LogP contribution in [0.25, 0.3) is 0 Å². The average Bonchev–Trinajstić information content (AvgIpc) is 3.14. The molecule has 0 unspecified atom stereocenters. The van der Waals surface area contributed by atoms with Crippen molar-refractivity contribution in [3.8, 4) is 0 Å². The number of hydrogen-bond acceptors (Lipinski definition) is 2. The number of rotatable bonds is 4. The van der Waals surface area contributed by atoms with Crippen molar-refractivity contribution >= 4 is 11.7 Å². The first-order valence-electron chi connectivity index (χ1n) is 6.76. The fraction of sp³-hybridized carbons (Fsp3) is 0.333. The van der Waals surface area contributed by atoms with Gasteiger partial charge in [0.15, 0.2) is 5.82 Å². The van der Waals surface area contributed by atoms with Crippen molar-refractivity contribution < 1.29 is 9.18 Å². The number of aromatic nitrogens is 2.